The van der Waals surface area contributed by atoms with Gasteiger partial charge in [-0.05, 0) is 48.9 Å². The summed E-state index contributed by atoms with van der Waals surface area (Å²) in [5.41, 5.74) is 3.80. The molecule has 0 heterocycles. The Balaban J connectivity index is 1.82. The van der Waals surface area contributed by atoms with E-state index in [1.165, 1.54) is 6.07 Å². The fraction of sp³-hybridized carbons (Fsp3) is 0.105. The largest absolute Gasteiger partial charge is 0.274 e. The van der Waals surface area contributed by atoms with E-state index in [0.29, 0.717) is 0 Å². The van der Waals surface area contributed by atoms with Gasteiger partial charge in [-0.25, -0.2) is 14.3 Å². The average Bonchev–Trinajstić information content (AvgIpc) is 2.60. The van der Waals surface area contributed by atoms with Gasteiger partial charge in [0, 0.05) is 11.1 Å². The van der Waals surface area contributed by atoms with Gasteiger partial charge < -0.3 is 0 Å². The molecule has 1 amide bonds. The standard InChI is InChI=1S/C19H15F2NO2/c1-14(7-8-15-5-3-2-4-6-15)11-12-24-22-19(23)16-9-10-17(20)18(21)13-16/h2-6,9-11,13H,12H2,1H3,(H,22,23)/b14-11+. The van der Waals surface area contributed by atoms with Gasteiger partial charge in [0.25, 0.3) is 5.91 Å². The zero-order chi connectivity index (χ0) is 17.4. The molecule has 3 nitrogen and oxygen atoms in total. The number of benzene rings is 2. The summed E-state index contributed by atoms with van der Waals surface area (Å²) in [6.45, 7) is 1.92. The minimum atomic E-state index is -1.09. The van der Waals surface area contributed by atoms with E-state index in [9.17, 15) is 13.6 Å². The van der Waals surface area contributed by atoms with Gasteiger partial charge >= 0.3 is 0 Å². The van der Waals surface area contributed by atoms with Crippen molar-refractivity contribution in [1.82, 2.24) is 5.48 Å². The van der Waals surface area contributed by atoms with Gasteiger partial charge in [-0.2, -0.15) is 0 Å². The molecule has 1 N–H and O–H groups in total. The van der Waals surface area contributed by atoms with E-state index in [0.717, 1.165) is 23.3 Å². The second-order valence-electron chi connectivity index (χ2n) is 4.87. The number of allylic oxidation sites excluding steroid dienone is 1. The van der Waals surface area contributed by atoms with E-state index in [4.69, 9.17) is 4.84 Å². The highest BCUT2D eigenvalue weighted by atomic mass is 19.2. The molecule has 0 bridgehead atoms. The highest BCUT2D eigenvalue weighted by molar-refractivity contribution is 5.93. The van der Waals surface area contributed by atoms with E-state index in [1.54, 1.807) is 6.08 Å². The Morgan fingerprint density at radius 2 is 1.92 bits per heavy atom. The Labute approximate surface area is 138 Å². The van der Waals surface area contributed by atoms with Crippen LogP contribution in [0.4, 0.5) is 8.78 Å². The van der Waals surface area contributed by atoms with Crippen LogP contribution in [0.15, 0.2) is 60.2 Å². The van der Waals surface area contributed by atoms with Crippen LogP contribution in [0.2, 0.25) is 0 Å². The van der Waals surface area contributed by atoms with Crippen LogP contribution < -0.4 is 5.48 Å². The second-order valence-corrected chi connectivity index (χ2v) is 4.87. The van der Waals surface area contributed by atoms with Gasteiger partial charge in [-0.3, -0.25) is 9.63 Å². The summed E-state index contributed by atoms with van der Waals surface area (Å²) in [6.07, 6.45) is 1.70. The number of carbonyl (C=O) groups excluding carboxylic acids is 1. The summed E-state index contributed by atoms with van der Waals surface area (Å²) < 4.78 is 25.8. The Morgan fingerprint density at radius 3 is 2.62 bits per heavy atom. The molecule has 0 saturated heterocycles. The van der Waals surface area contributed by atoms with Crippen LogP contribution in [0.1, 0.15) is 22.8 Å². The molecule has 0 unspecified atom stereocenters. The number of nitrogens with one attached hydrogen (secondary N) is 1. The molecular formula is C19H15F2NO2. The van der Waals surface area contributed by atoms with Crippen molar-refractivity contribution in [3.8, 4) is 11.8 Å². The number of rotatable bonds is 4. The topological polar surface area (TPSA) is 38.3 Å². The fourth-order valence-corrected chi connectivity index (χ4v) is 1.71. The average molecular weight is 327 g/mol. The summed E-state index contributed by atoms with van der Waals surface area (Å²) in [7, 11) is 0. The van der Waals surface area contributed by atoms with Gasteiger partial charge in [0.2, 0.25) is 0 Å². The lowest BCUT2D eigenvalue weighted by atomic mass is 10.2. The molecule has 122 valence electrons. The monoisotopic (exact) mass is 327 g/mol. The summed E-state index contributed by atoms with van der Waals surface area (Å²) >= 11 is 0. The van der Waals surface area contributed by atoms with Crippen molar-refractivity contribution in [3.63, 3.8) is 0 Å². The minimum absolute atomic E-state index is 0.0292. The van der Waals surface area contributed by atoms with E-state index in [1.807, 2.05) is 37.3 Å². The maximum atomic E-state index is 13.0. The molecule has 0 aliphatic carbocycles. The van der Waals surface area contributed by atoms with Crippen molar-refractivity contribution in [2.24, 2.45) is 0 Å². The molecule has 5 heteroatoms. The minimum Gasteiger partial charge on any atom is -0.269 e. The third-order valence-corrected chi connectivity index (χ3v) is 3.00. The van der Waals surface area contributed by atoms with Gasteiger partial charge in [-0.1, -0.05) is 30.0 Å². The summed E-state index contributed by atoms with van der Waals surface area (Å²) in [4.78, 5) is 16.7. The van der Waals surface area contributed by atoms with Crippen LogP contribution in [-0.2, 0) is 4.84 Å². The first-order valence-electron chi connectivity index (χ1n) is 7.17. The van der Waals surface area contributed by atoms with Crippen LogP contribution in [0.5, 0.6) is 0 Å². The fourth-order valence-electron chi connectivity index (χ4n) is 1.71. The highest BCUT2D eigenvalue weighted by Gasteiger charge is 2.09. The zero-order valence-electron chi connectivity index (χ0n) is 13.0. The molecule has 0 saturated carbocycles. The number of hydrogen-bond donors (Lipinski definition) is 1. The molecule has 0 fully saturated rings. The predicted octanol–water partition coefficient (Wildman–Crippen LogP) is 3.62. The Bertz CT molecular complexity index is 805. The van der Waals surface area contributed by atoms with Gasteiger partial charge in [0.05, 0.1) is 6.61 Å². The van der Waals surface area contributed by atoms with Crippen molar-refractivity contribution in [1.29, 1.82) is 0 Å². The first kappa shape index (κ1) is 17.4. The smallest absolute Gasteiger partial charge is 0.269 e. The lowest BCUT2D eigenvalue weighted by Crippen LogP contribution is -2.24. The first-order valence-corrected chi connectivity index (χ1v) is 7.17. The number of hydrogen-bond acceptors (Lipinski definition) is 2. The summed E-state index contributed by atoms with van der Waals surface area (Å²) in [5.74, 6) is 3.20. The van der Waals surface area contributed by atoms with Crippen LogP contribution >= 0.6 is 0 Å². The molecular weight excluding hydrogens is 312 g/mol. The summed E-state index contributed by atoms with van der Waals surface area (Å²) in [5, 5.41) is 0. The maximum Gasteiger partial charge on any atom is 0.274 e. The van der Waals surface area contributed by atoms with Gasteiger partial charge in [0.15, 0.2) is 11.6 Å². The molecule has 0 atom stereocenters. The Hall–Kier alpha value is -2.97. The number of amides is 1. The second kappa shape index (κ2) is 8.61. The molecule has 0 aliphatic heterocycles. The molecule has 2 aromatic rings. The van der Waals surface area contributed by atoms with E-state index in [2.05, 4.69) is 17.3 Å². The van der Waals surface area contributed by atoms with Crippen molar-refractivity contribution in [2.75, 3.05) is 6.61 Å². The molecule has 2 rings (SSSR count). The van der Waals surface area contributed by atoms with E-state index < -0.39 is 17.5 Å². The molecule has 24 heavy (non-hydrogen) atoms. The molecule has 0 spiro atoms. The molecule has 0 aromatic heterocycles. The maximum absolute atomic E-state index is 13.0. The van der Waals surface area contributed by atoms with Crippen molar-refractivity contribution < 1.29 is 18.4 Å². The normalized spacial score (nSPS) is 10.7. The van der Waals surface area contributed by atoms with Crippen molar-refractivity contribution in [2.45, 2.75) is 6.92 Å². The Morgan fingerprint density at radius 1 is 1.17 bits per heavy atom. The van der Waals surface area contributed by atoms with Crippen molar-refractivity contribution >= 4 is 5.91 Å². The number of carbonyl (C=O) groups is 1. The highest BCUT2D eigenvalue weighted by Crippen LogP contribution is 2.08. The zero-order valence-corrected chi connectivity index (χ0v) is 13.0. The van der Waals surface area contributed by atoms with E-state index >= 15 is 0 Å². The number of hydroxylamine groups is 1. The molecule has 0 aliphatic rings. The SMILES string of the molecule is C/C(C#Cc1ccccc1)=C\CONC(=O)c1ccc(F)c(F)c1. The lowest BCUT2D eigenvalue weighted by molar-refractivity contribution is 0.0419. The van der Waals surface area contributed by atoms with E-state index in [-0.39, 0.29) is 12.2 Å². The van der Waals surface area contributed by atoms with Crippen LogP contribution in [-0.4, -0.2) is 12.5 Å². The van der Waals surface area contributed by atoms with Crippen LogP contribution in [0.3, 0.4) is 0 Å². The number of halogens is 2. The predicted molar refractivity (Wildman–Crippen MR) is 86.9 cm³/mol. The first-order chi connectivity index (χ1) is 11.6. The van der Waals surface area contributed by atoms with Crippen molar-refractivity contribution in [3.05, 3.63) is 82.9 Å². The van der Waals surface area contributed by atoms with Gasteiger partial charge in [0.1, 0.15) is 0 Å². The van der Waals surface area contributed by atoms with Crippen LogP contribution in [0.25, 0.3) is 0 Å². The molecule has 2 aromatic carbocycles. The third-order valence-electron chi connectivity index (χ3n) is 3.00. The quantitative estimate of drug-likeness (QED) is 0.529. The Kier molecular flexibility index (Phi) is 6.23. The van der Waals surface area contributed by atoms with Crippen LogP contribution in [0, 0.1) is 23.5 Å². The summed E-state index contributed by atoms with van der Waals surface area (Å²) in [6, 6.07) is 12.4. The lowest BCUT2D eigenvalue weighted by Gasteiger charge is -2.04. The third kappa shape index (κ3) is 5.34. The van der Waals surface area contributed by atoms with Gasteiger partial charge in [-0.15, -0.1) is 0 Å². The molecule has 0 radical (unpaired) electrons.